The highest BCUT2D eigenvalue weighted by Crippen LogP contribution is 2.26. The van der Waals surface area contributed by atoms with Gasteiger partial charge < -0.3 is 15.2 Å². The van der Waals surface area contributed by atoms with Crippen LogP contribution in [0.15, 0.2) is 18.2 Å². The van der Waals surface area contributed by atoms with Crippen LogP contribution < -0.4 is 10.1 Å². The number of rotatable bonds is 9. The molecule has 0 aliphatic heterocycles. The van der Waals surface area contributed by atoms with Gasteiger partial charge in [-0.25, -0.2) is 4.79 Å². The molecule has 0 saturated carbocycles. The predicted octanol–water partition coefficient (Wildman–Crippen LogP) is 2.91. The van der Waals surface area contributed by atoms with Gasteiger partial charge >= 0.3 is 12.1 Å². The van der Waals surface area contributed by atoms with Gasteiger partial charge in [-0.2, -0.15) is 13.2 Å². The zero-order chi connectivity index (χ0) is 19.9. The summed E-state index contributed by atoms with van der Waals surface area (Å²) in [5.41, 5.74) is -1.26. The number of amides is 1. The van der Waals surface area contributed by atoms with E-state index in [1.165, 1.54) is 0 Å². The molecule has 0 fully saturated rings. The normalized spacial score (nSPS) is 12.3. The number of alkyl halides is 3. The molecular weight excluding hydrogens is 361 g/mol. The number of nitrogens with zero attached hydrogens (tertiary/aromatic N) is 1. The van der Waals surface area contributed by atoms with E-state index in [4.69, 9.17) is 5.11 Å². The number of carbonyl (C=O) groups is 2. The van der Waals surface area contributed by atoms with Crippen LogP contribution in [0.2, 0.25) is 0 Å². The molecule has 1 amide bonds. The summed E-state index contributed by atoms with van der Waals surface area (Å²) in [5, 5.41) is 22.3. The Bertz CT molecular complexity index is 678. The van der Waals surface area contributed by atoms with Crippen LogP contribution in [0.5, 0.6) is 5.75 Å². The lowest BCUT2D eigenvalue weighted by atomic mass is 10.1. The number of nitrogens with one attached hydrogen (secondary N) is 1. The van der Waals surface area contributed by atoms with Gasteiger partial charge in [0.15, 0.2) is 6.61 Å². The Morgan fingerprint density at radius 3 is 2.54 bits per heavy atom. The summed E-state index contributed by atoms with van der Waals surface area (Å²) in [4.78, 5) is 33.6. The van der Waals surface area contributed by atoms with E-state index < -0.39 is 52.6 Å². The molecule has 144 valence electrons. The van der Waals surface area contributed by atoms with Gasteiger partial charge in [0.25, 0.3) is 11.6 Å². The summed E-state index contributed by atoms with van der Waals surface area (Å²) in [7, 11) is 0. The number of nitro groups is 1. The molecule has 1 rings (SSSR count). The zero-order valence-corrected chi connectivity index (χ0v) is 13.7. The minimum absolute atomic E-state index is 0.107. The summed E-state index contributed by atoms with van der Waals surface area (Å²) in [5.74, 6) is -2.81. The highest BCUT2D eigenvalue weighted by molar-refractivity contribution is 6.00. The molecular formula is C15H17F3N2O6. The average Bonchev–Trinajstić information content (AvgIpc) is 2.55. The number of hydrogen-bond acceptors (Lipinski definition) is 5. The molecule has 0 unspecified atom stereocenters. The fraction of sp³-hybridized carbons (Fsp3) is 0.467. The Hall–Kier alpha value is -2.85. The van der Waals surface area contributed by atoms with Crippen LogP contribution >= 0.6 is 0 Å². The van der Waals surface area contributed by atoms with Crippen molar-refractivity contribution in [2.75, 3.05) is 6.61 Å². The molecule has 8 nitrogen and oxygen atoms in total. The van der Waals surface area contributed by atoms with Crippen molar-refractivity contribution in [2.45, 2.75) is 38.4 Å². The third-order valence-corrected chi connectivity index (χ3v) is 3.26. The van der Waals surface area contributed by atoms with Crippen molar-refractivity contribution in [3.05, 3.63) is 33.9 Å². The third-order valence-electron chi connectivity index (χ3n) is 3.26. The van der Waals surface area contributed by atoms with Crippen LogP contribution in [0, 0.1) is 10.1 Å². The van der Waals surface area contributed by atoms with Crippen LogP contribution in [0.1, 0.15) is 36.5 Å². The van der Waals surface area contributed by atoms with Gasteiger partial charge in [-0.1, -0.05) is 19.8 Å². The maximum absolute atomic E-state index is 12.2. The first-order valence-corrected chi connectivity index (χ1v) is 7.56. The lowest BCUT2D eigenvalue weighted by Crippen LogP contribution is -2.40. The van der Waals surface area contributed by atoms with Crippen molar-refractivity contribution in [3.63, 3.8) is 0 Å². The SMILES string of the molecule is CCCC[C@H](NC(=O)c1cc(OCC(F)(F)F)ccc1[N+](=O)[O-])C(=O)O. The second-order valence-electron chi connectivity index (χ2n) is 5.35. The predicted molar refractivity (Wildman–Crippen MR) is 83.1 cm³/mol. The second-order valence-corrected chi connectivity index (χ2v) is 5.35. The quantitative estimate of drug-likeness (QED) is 0.504. The molecule has 1 atom stereocenters. The minimum atomic E-state index is -4.63. The Balaban J connectivity index is 3.07. The van der Waals surface area contributed by atoms with Gasteiger partial charge in [0, 0.05) is 6.07 Å². The Morgan fingerprint density at radius 1 is 1.38 bits per heavy atom. The van der Waals surface area contributed by atoms with Crippen molar-refractivity contribution in [3.8, 4) is 5.75 Å². The van der Waals surface area contributed by atoms with E-state index in [9.17, 15) is 32.9 Å². The molecule has 0 aromatic heterocycles. The summed E-state index contributed by atoms with van der Waals surface area (Å²) < 4.78 is 41.1. The van der Waals surface area contributed by atoms with Crippen LogP contribution in [-0.2, 0) is 4.79 Å². The summed E-state index contributed by atoms with van der Waals surface area (Å²) in [6.07, 6.45) is -3.36. The van der Waals surface area contributed by atoms with Gasteiger partial charge in [0.1, 0.15) is 17.4 Å². The molecule has 0 radical (unpaired) electrons. The smallest absolute Gasteiger partial charge is 0.422 e. The number of unbranched alkanes of at least 4 members (excludes halogenated alkanes) is 1. The monoisotopic (exact) mass is 378 g/mol. The number of aliphatic carboxylic acids is 1. The van der Waals surface area contributed by atoms with Crippen molar-refractivity contribution in [1.29, 1.82) is 0 Å². The third kappa shape index (κ3) is 6.57. The topological polar surface area (TPSA) is 119 Å². The molecule has 1 aromatic rings. The van der Waals surface area contributed by atoms with Gasteiger partial charge in [0.2, 0.25) is 0 Å². The lowest BCUT2D eigenvalue weighted by molar-refractivity contribution is -0.385. The van der Waals surface area contributed by atoms with Crippen LogP contribution in [0.3, 0.4) is 0 Å². The molecule has 0 aliphatic rings. The first-order chi connectivity index (χ1) is 12.0. The lowest BCUT2D eigenvalue weighted by Gasteiger charge is -2.15. The summed E-state index contributed by atoms with van der Waals surface area (Å²) in [6, 6.07) is 1.24. The number of hydrogen-bond donors (Lipinski definition) is 2. The Labute approximate surface area is 146 Å². The van der Waals surface area contributed by atoms with Crippen LogP contribution in [-0.4, -0.2) is 40.7 Å². The molecule has 0 spiro atoms. The number of nitro benzene ring substituents is 1. The number of ether oxygens (including phenoxy) is 1. The molecule has 0 aliphatic carbocycles. The summed E-state index contributed by atoms with van der Waals surface area (Å²) in [6.45, 7) is 0.174. The Kier molecular flexibility index (Phi) is 7.35. The van der Waals surface area contributed by atoms with E-state index in [-0.39, 0.29) is 6.42 Å². The van der Waals surface area contributed by atoms with E-state index in [0.29, 0.717) is 12.8 Å². The number of halogens is 3. The van der Waals surface area contributed by atoms with Crippen LogP contribution in [0.25, 0.3) is 0 Å². The van der Waals surface area contributed by atoms with E-state index in [1.54, 1.807) is 0 Å². The molecule has 1 aromatic carbocycles. The molecule has 26 heavy (non-hydrogen) atoms. The highest BCUT2D eigenvalue weighted by Gasteiger charge is 2.30. The first kappa shape index (κ1) is 21.2. The fourth-order valence-corrected chi connectivity index (χ4v) is 2.01. The van der Waals surface area contributed by atoms with Crippen molar-refractivity contribution in [1.82, 2.24) is 5.32 Å². The zero-order valence-electron chi connectivity index (χ0n) is 13.7. The molecule has 2 N–H and O–H groups in total. The highest BCUT2D eigenvalue weighted by atomic mass is 19.4. The van der Waals surface area contributed by atoms with Gasteiger partial charge in [0.05, 0.1) is 4.92 Å². The van der Waals surface area contributed by atoms with Gasteiger partial charge in [-0.3, -0.25) is 14.9 Å². The summed E-state index contributed by atoms with van der Waals surface area (Å²) >= 11 is 0. The standard InChI is InChI=1S/C15H17F3N2O6/c1-2-3-4-11(14(22)23)19-13(21)10-7-9(26-8-15(16,17)18)5-6-12(10)20(24)25/h5-7,11H,2-4,8H2,1H3,(H,19,21)(H,22,23)/t11-/m0/s1. The van der Waals surface area contributed by atoms with Crippen molar-refractivity contribution >= 4 is 17.6 Å². The average molecular weight is 378 g/mol. The van der Waals surface area contributed by atoms with Crippen molar-refractivity contribution < 1.29 is 37.5 Å². The largest absolute Gasteiger partial charge is 0.484 e. The number of carbonyl (C=O) groups excluding carboxylic acids is 1. The van der Waals surface area contributed by atoms with Gasteiger partial charge in [-0.15, -0.1) is 0 Å². The molecule has 0 heterocycles. The van der Waals surface area contributed by atoms with Gasteiger partial charge in [-0.05, 0) is 18.6 Å². The molecule has 0 saturated heterocycles. The first-order valence-electron chi connectivity index (χ1n) is 7.56. The second kappa shape index (κ2) is 9.02. The minimum Gasteiger partial charge on any atom is -0.484 e. The van der Waals surface area contributed by atoms with Crippen LogP contribution in [0.4, 0.5) is 18.9 Å². The number of carboxylic acid groups (broad SMARTS) is 1. The fourth-order valence-electron chi connectivity index (χ4n) is 2.01. The van der Waals surface area contributed by atoms with E-state index in [2.05, 4.69) is 10.1 Å². The van der Waals surface area contributed by atoms with E-state index >= 15 is 0 Å². The maximum atomic E-state index is 12.2. The Morgan fingerprint density at radius 2 is 2.04 bits per heavy atom. The molecule has 0 bridgehead atoms. The van der Waals surface area contributed by atoms with E-state index in [1.807, 2.05) is 6.92 Å². The number of carboxylic acids is 1. The number of benzene rings is 1. The van der Waals surface area contributed by atoms with E-state index in [0.717, 1.165) is 18.2 Å². The van der Waals surface area contributed by atoms with Crippen molar-refractivity contribution in [2.24, 2.45) is 0 Å². The molecule has 11 heteroatoms. The maximum Gasteiger partial charge on any atom is 0.422 e.